The van der Waals surface area contributed by atoms with Crippen molar-refractivity contribution in [2.24, 2.45) is 0 Å². The van der Waals surface area contributed by atoms with Crippen LogP contribution in [0.1, 0.15) is 21.5 Å². The molecule has 92 valence electrons. The maximum Gasteiger partial charge on any atom is 0.338 e. The van der Waals surface area contributed by atoms with Crippen LogP contribution in [0.25, 0.3) is 11.1 Å². The van der Waals surface area contributed by atoms with Crippen molar-refractivity contribution < 1.29 is 14.3 Å². The van der Waals surface area contributed by atoms with Crippen molar-refractivity contribution in [2.45, 2.75) is 13.8 Å². The molecule has 0 aliphatic rings. The van der Waals surface area contributed by atoms with Gasteiger partial charge in [0, 0.05) is 0 Å². The first-order valence-electron chi connectivity index (χ1n) is 5.59. The van der Waals surface area contributed by atoms with E-state index in [4.69, 9.17) is 5.11 Å². The van der Waals surface area contributed by atoms with Crippen LogP contribution < -0.4 is 0 Å². The third kappa shape index (κ3) is 2.25. The van der Waals surface area contributed by atoms with E-state index in [9.17, 15) is 9.18 Å². The molecule has 0 bridgehead atoms. The van der Waals surface area contributed by atoms with Gasteiger partial charge in [-0.2, -0.15) is 0 Å². The summed E-state index contributed by atoms with van der Waals surface area (Å²) in [5.74, 6) is -1.96. The summed E-state index contributed by atoms with van der Waals surface area (Å²) in [4.78, 5) is 10.7. The van der Waals surface area contributed by atoms with Crippen LogP contribution >= 0.6 is 0 Å². The van der Waals surface area contributed by atoms with E-state index in [-0.39, 0.29) is 5.56 Å². The van der Waals surface area contributed by atoms with Gasteiger partial charge >= 0.3 is 5.97 Å². The Hall–Kier alpha value is -2.16. The third-order valence-electron chi connectivity index (χ3n) is 2.89. The van der Waals surface area contributed by atoms with Crippen molar-refractivity contribution in [1.29, 1.82) is 0 Å². The standard InChI is InChI=1S/C15H13FO2/c1-9-3-5-12(10(2)7-9)11-4-6-13(15(17)18)14(16)8-11/h3-8H,1-2H3,(H,17,18). The van der Waals surface area contributed by atoms with Gasteiger partial charge in [0.15, 0.2) is 0 Å². The molecule has 1 N–H and O–H groups in total. The van der Waals surface area contributed by atoms with Gasteiger partial charge in [0.25, 0.3) is 0 Å². The van der Waals surface area contributed by atoms with E-state index in [0.29, 0.717) is 5.56 Å². The molecule has 0 spiro atoms. The van der Waals surface area contributed by atoms with Crippen molar-refractivity contribution in [1.82, 2.24) is 0 Å². The smallest absolute Gasteiger partial charge is 0.338 e. The molecular weight excluding hydrogens is 231 g/mol. The number of hydrogen-bond acceptors (Lipinski definition) is 1. The number of hydrogen-bond donors (Lipinski definition) is 1. The van der Waals surface area contributed by atoms with Crippen LogP contribution in [0.15, 0.2) is 36.4 Å². The highest BCUT2D eigenvalue weighted by molar-refractivity contribution is 5.88. The van der Waals surface area contributed by atoms with Crippen LogP contribution in [0, 0.1) is 19.7 Å². The molecule has 0 radical (unpaired) electrons. The summed E-state index contributed by atoms with van der Waals surface area (Å²) in [6.45, 7) is 3.94. The summed E-state index contributed by atoms with van der Waals surface area (Å²) >= 11 is 0. The molecule has 18 heavy (non-hydrogen) atoms. The van der Waals surface area contributed by atoms with E-state index in [1.165, 1.54) is 12.1 Å². The van der Waals surface area contributed by atoms with Crippen molar-refractivity contribution >= 4 is 5.97 Å². The lowest BCUT2D eigenvalue weighted by molar-refractivity contribution is 0.0692. The number of halogens is 1. The number of rotatable bonds is 2. The number of carboxylic acid groups (broad SMARTS) is 1. The molecule has 2 nitrogen and oxygen atoms in total. The Morgan fingerprint density at radius 3 is 2.39 bits per heavy atom. The average Bonchev–Trinajstić information content (AvgIpc) is 2.28. The first kappa shape index (κ1) is 12.3. The zero-order chi connectivity index (χ0) is 13.3. The second kappa shape index (κ2) is 4.61. The normalized spacial score (nSPS) is 10.4. The van der Waals surface area contributed by atoms with Gasteiger partial charge in [-0.3, -0.25) is 0 Å². The number of carbonyl (C=O) groups is 1. The summed E-state index contributed by atoms with van der Waals surface area (Å²) in [7, 11) is 0. The van der Waals surface area contributed by atoms with Crippen LogP contribution in [-0.4, -0.2) is 11.1 Å². The summed E-state index contributed by atoms with van der Waals surface area (Å²) in [6, 6.07) is 10.1. The molecule has 0 saturated carbocycles. The highest BCUT2D eigenvalue weighted by Gasteiger charge is 2.11. The van der Waals surface area contributed by atoms with E-state index in [1.54, 1.807) is 6.07 Å². The Labute approximate surface area is 105 Å². The predicted octanol–water partition coefficient (Wildman–Crippen LogP) is 3.81. The van der Waals surface area contributed by atoms with Gasteiger partial charge in [-0.05, 0) is 42.7 Å². The third-order valence-corrected chi connectivity index (χ3v) is 2.89. The Bertz CT molecular complexity index is 618. The van der Waals surface area contributed by atoms with Crippen molar-refractivity contribution in [3.8, 4) is 11.1 Å². The molecule has 0 unspecified atom stereocenters. The van der Waals surface area contributed by atoms with Crippen LogP contribution in [0.2, 0.25) is 0 Å². The minimum absolute atomic E-state index is 0.302. The lowest BCUT2D eigenvalue weighted by Gasteiger charge is -2.08. The minimum atomic E-state index is -1.25. The number of aryl methyl sites for hydroxylation is 2. The Balaban J connectivity index is 2.52. The van der Waals surface area contributed by atoms with E-state index in [0.717, 1.165) is 16.7 Å². The second-order valence-corrected chi connectivity index (χ2v) is 4.32. The van der Waals surface area contributed by atoms with Gasteiger partial charge in [0.1, 0.15) is 5.82 Å². The lowest BCUT2D eigenvalue weighted by atomic mass is 9.97. The molecule has 2 aromatic rings. The summed E-state index contributed by atoms with van der Waals surface area (Å²) in [5, 5.41) is 8.78. The topological polar surface area (TPSA) is 37.3 Å². The molecule has 0 heterocycles. The molecular formula is C15H13FO2. The molecule has 0 atom stereocenters. The van der Waals surface area contributed by atoms with Gasteiger partial charge in [0.2, 0.25) is 0 Å². The van der Waals surface area contributed by atoms with Gasteiger partial charge < -0.3 is 5.11 Å². The van der Waals surface area contributed by atoms with Crippen LogP contribution in [0.4, 0.5) is 4.39 Å². The fourth-order valence-electron chi connectivity index (χ4n) is 1.99. The summed E-state index contributed by atoms with van der Waals surface area (Å²) in [6.07, 6.45) is 0. The van der Waals surface area contributed by atoms with Gasteiger partial charge in [-0.25, -0.2) is 9.18 Å². The number of carboxylic acids is 1. The maximum absolute atomic E-state index is 13.6. The number of benzene rings is 2. The van der Waals surface area contributed by atoms with E-state index in [2.05, 4.69) is 0 Å². The zero-order valence-corrected chi connectivity index (χ0v) is 10.2. The number of aromatic carboxylic acids is 1. The zero-order valence-electron chi connectivity index (χ0n) is 10.2. The molecule has 3 heteroatoms. The van der Waals surface area contributed by atoms with Crippen LogP contribution in [0.3, 0.4) is 0 Å². The molecule has 2 aromatic carbocycles. The van der Waals surface area contributed by atoms with Gasteiger partial charge in [0.05, 0.1) is 5.56 Å². The largest absolute Gasteiger partial charge is 0.478 e. The first-order chi connectivity index (χ1) is 8.49. The highest BCUT2D eigenvalue weighted by atomic mass is 19.1. The van der Waals surface area contributed by atoms with Crippen LogP contribution in [0.5, 0.6) is 0 Å². The maximum atomic E-state index is 13.6. The fraction of sp³-hybridized carbons (Fsp3) is 0.133. The molecule has 0 saturated heterocycles. The van der Waals surface area contributed by atoms with Crippen LogP contribution in [-0.2, 0) is 0 Å². The SMILES string of the molecule is Cc1ccc(-c2ccc(C(=O)O)c(F)c2)c(C)c1. The molecule has 2 rings (SSSR count). The van der Waals surface area contributed by atoms with Gasteiger partial charge in [-0.1, -0.05) is 29.8 Å². The van der Waals surface area contributed by atoms with Gasteiger partial charge in [-0.15, -0.1) is 0 Å². The predicted molar refractivity (Wildman–Crippen MR) is 68.3 cm³/mol. The van der Waals surface area contributed by atoms with E-state index >= 15 is 0 Å². The quantitative estimate of drug-likeness (QED) is 0.872. The molecule has 0 amide bonds. The lowest BCUT2D eigenvalue weighted by Crippen LogP contribution is -2.00. The van der Waals surface area contributed by atoms with E-state index < -0.39 is 11.8 Å². The first-order valence-corrected chi connectivity index (χ1v) is 5.59. The monoisotopic (exact) mass is 244 g/mol. The summed E-state index contributed by atoms with van der Waals surface area (Å²) in [5.41, 5.74) is 3.48. The van der Waals surface area contributed by atoms with E-state index in [1.807, 2.05) is 32.0 Å². The van der Waals surface area contributed by atoms with Crippen molar-refractivity contribution in [3.05, 3.63) is 58.9 Å². The second-order valence-electron chi connectivity index (χ2n) is 4.32. The Morgan fingerprint density at radius 2 is 1.83 bits per heavy atom. The molecule has 0 aliphatic carbocycles. The fourth-order valence-corrected chi connectivity index (χ4v) is 1.99. The van der Waals surface area contributed by atoms with Crippen molar-refractivity contribution in [3.63, 3.8) is 0 Å². The molecule has 0 aromatic heterocycles. The molecule has 0 aliphatic heterocycles. The average molecular weight is 244 g/mol. The Kier molecular flexibility index (Phi) is 3.15. The minimum Gasteiger partial charge on any atom is -0.478 e. The summed E-state index contributed by atoms with van der Waals surface area (Å²) < 4.78 is 13.6. The molecule has 0 fully saturated rings. The highest BCUT2D eigenvalue weighted by Crippen LogP contribution is 2.26. The van der Waals surface area contributed by atoms with Crippen molar-refractivity contribution in [2.75, 3.05) is 0 Å². The Morgan fingerprint density at radius 1 is 1.11 bits per heavy atom.